The first-order valence-electron chi connectivity index (χ1n) is 11.2. The van der Waals surface area contributed by atoms with E-state index in [-0.39, 0.29) is 36.2 Å². The van der Waals surface area contributed by atoms with Gasteiger partial charge in [-0.2, -0.15) is 0 Å². The molecule has 0 heterocycles. The Hall–Kier alpha value is -1.57. The molecular formula is C23H38O7. The Morgan fingerprint density at radius 1 is 1.10 bits per heavy atom. The highest BCUT2D eigenvalue weighted by atomic mass is 16.6. The van der Waals surface area contributed by atoms with Crippen molar-refractivity contribution in [2.24, 2.45) is 11.8 Å². The van der Waals surface area contributed by atoms with Crippen molar-refractivity contribution in [3.8, 4) is 0 Å². The Morgan fingerprint density at radius 2 is 1.83 bits per heavy atom. The predicted octanol–water partition coefficient (Wildman–Crippen LogP) is 2.50. The average molecular weight is 427 g/mol. The van der Waals surface area contributed by atoms with Gasteiger partial charge in [0.05, 0.1) is 19.3 Å². The summed E-state index contributed by atoms with van der Waals surface area (Å²) < 4.78 is 4.89. The molecule has 1 aliphatic rings. The predicted molar refractivity (Wildman–Crippen MR) is 113 cm³/mol. The van der Waals surface area contributed by atoms with Crippen LogP contribution in [-0.2, 0) is 19.1 Å². The number of ketones is 2. The number of esters is 1. The third-order valence-electron chi connectivity index (χ3n) is 5.66. The second kappa shape index (κ2) is 15.3. The second-order valence-electron chi connectivity index (χ2n) is 8.12. The Balaban J connectivity index is 2.34. The van der Waals surface area contributed by atoms with Gasteiger partial charge in [-0.1, -0.05) is 31.9 Å². The number of hydrogen-bond donors (Lipinski definition) is 3. The maximum Gasteiger partial charge on any atom is 0.306 e. The van der Waals surface area contributed by atoms with Gasteiger partial charge >= 0.3 is 5.97 Å². The number of aliphatic hydroxyl groups is 3. The topological polar surface area (TPSA) is 121 Å². The van der Waals surface area contributed by atoms with Crippen LogP contribution < -0.4 is 0 Å². The number of hydrogen-bond acceptors (Lipinski definition) is 7. The van der Waals surface area contributed by atoms with E-state index in [1.807, 2.05) is 12.2 Å². The summed E-state index contributed by atoms with van der Waals surface area (Å²) >= 11 is 0. The number of rotatable bonds is 16. The molecule has 0 aromatic carbocycles. The third kappa shape index (κ3) is 9.96. The lowest BCUT2D eigenvalue weighted by molar-refractivity contribution is -0.153. The average Bonchev–Trinajstić information content (AvgIpc) is 2.99. The van der Waals surface area contributed by atoms with Gasteiger partial charge < -0.3 is 20.1 Å². The van der Waals surface area contributed by atoms with Crippen molar-refractivity contribution >= 4 is 17.5 Å². The monoisotopic (exact) mass is 426 g/mol. The molecule has 3 atom stereocenters. The van der Waals surface area contributed by atoms with Gasteiger partial charge in [-0.25, -0.2) is 0 Å². The molecule has 7 heteroatoms. The SMILES string of the molecule is CCCCCC(=O)CCC1[C@H](O)CC(=O)[C@@H]1C/C=C\CCCC(=O)OC(CO)CO. The van der Waals surface area contributed by atoms with Crippen molar-refractivity contribution in [2.75, 3.05) is 13.2 Å². The van der Waals surface area contributed by atoms with Crippen LogP contribution in [0.25, 0.3) is 0 Å². The summed E-state index contributed by atoms with van der Waals surface area (Å²) in [5.74, 6) is -0.617. The molecule has 1 saturated carbocycles. The van der Waals surface area contributed by atoms with Gasteiger partial charge in [0.2, 0.25) is 0 Å². The third-order valence-corrected chi connectivity index (χ3v) is 5.66. The van der Waals surface area contributed by atoms with Gasteiger partial charge in [-0.05, 0) is 38.0 Å². The zero-order valence-electron chi connectivity index (χ0n) is 18.1. The lowest BCUT2D eigenvalue weighted by atomic mass is 9.86. The molecule has 1 fully saturated rings. The van der Waals surface area contributed by atoms with E-state index < -0.39 is 31.4 Å². The Morgan fingerprint density at radius 3 is 2.50 bits per heavy atom. The molecule has 0 aliphatic heterocycles. The quantitative estimate of drug-likeness (QED) is 0.197. The van der Waals surface area contributed by atoms with Crippen molar-refractivity contribution in [2.45, 2.75) is 89.8 Å². The zero-order valence-corrected chi connectivity index (χ0v) is 18.1. The molecule has 0 saturated heterocycles. The van der Waals surface area contributed by atoms with Gasteiger partial charge in [0, 0.05) is 31.6 Å². The van der Waals surface area contributed by atoms with Crippen LogP contribution in [0.1, 0.15) is 77.6 Å². The van der Waals surface area contributed by atoms with Crippen molar-refractivity contribution in [3.63, 3.8) is 0 Å². The summed E-state index contributed by atoms with van der Waals surface area (Å²) in [6, 6.07) is 0. The minimum Gasteiger partial charge on any atom is -0.457 e. The summed E-state index contributed by atoms with van der Waals surface area (Å²) in [5.41, 5.74) is 0. The van der Waals surface area contributed by atoms with E-state index in [1.54, 1.807) is 0 Å². The number of carbonyl (C=O) groups is 3. The van der Waals surface area contributed by atoms with E-state index in [9.17, 15) is 19.5 Å². The fraction of sp³-hybridized carbons (Fsp3) is 0.783. The lowest BCUT2D eigenvalue weighted by Crippen LogP contribution is -2.25. The first-order valence-corrected chi connectivity index (χ1v) is 11.2. The second-order valence-corrected chi connectivity index (χ2v) is 8.12. The molecular weight excluding hydrogens is 388 g/mol. The smallest absolute Gasteiger partial charge is 0.306 e. The van der Waals surface area contributed by atoms with Crippen molar-refractivity contribution < 1.29 is 34.4 Å². The van der Waals surface area contributed by atoms with Gasteiger partial charge in [-0.3, -0.25) is 14.4 Å². The van der Waals surface area contributed by atoms with Gasteiger partial charge in [0.25, 0.3) is 0 Å². The van der Waals surface area contributed by atoms with Crippen LogP contribution in [-0.4, -0.2) is 58.3 Å². The highest BCUT2D eigenvalue weighted by molar-refractivity contribution is 5.84. The normalized spacial score (nSPS) is 21.6. The van der Waals surface area contributed by atoms with Crippen LogP contribution in [0.2, 0.25) is 0 Å². The molecule has 0 aromatic rings. The van der Waals surface area contributed by atoms with Crippen LogP contribution in [0.5, 0.6) is 0 Å². The van der Waals surface area contributed by atoms with Gasteiger partial charge in [0.1, 0.15) is 17.7 Å². The molecule has 172 valence electrons. The minimum atomic E-state index is -0.872. The fourth-order valence-corrected chi connectivity index (χ4v) is 3.84. The number of carbonyl (C=O) groups excluding carboxylic acids is 3. The molecule has 0 aromatic heterocycles. The lowest BCUT2D eigenvalue weighted by Gasteiger charge is -2.19. The highest BCUT2D eigenvalue weighted by Gasteiger charge is 2.40. The molecule has 30 heavy (non-hydrogen) atoms. The van der Waals surface area contributed by atoms with Gasteiger partial charge in [0.15, 0.2) is 0 Å². The summed E-state index contributed by atoms with van der Waals surface area (Å²) in [6.07, 6.45) is 8.95. The van der Waals surface area contributed by atoms with E-state index in [4.69, 9.17) is 14.9 Å². The van der Waals surface area contributed by atoms with Crippen LogP contribution >= 0.6 is 0 Å². The van der Waals surface area contributed by atoms with Crippen molar-refractivity contribution in [1.82, 2.24) is 0 Å². The maximum atomic E-state index is 12.2. The summed E-state index contributed by atoms with van der Waals surface area (Å²) in [4.78, 5) is 35.8. The molecule has 7 nitrogen and oxygen atoms in total. The van der Waals surface area contributed by atoms with Crippen molar-refractivity contribution in [1.29, 1.82) is 0 Å². The molecule has 0 amide bonds. The van der Waals surface area contributed by atoms with E-state index >= 15 is 0 Å². The maximum absolute atomic E-state index is 12.2. The van der Waals surface area contributed by atoms with Crippen LogP contribution in [0.4, 0.5) is 0 Å². The largest absolute Gasteiger partial charge is 0.457 e. The number of unbranched alkanes of at least 4 members (excludes halogenated alkanes) is 3. The standard InChI is InChI=1S/C23H38O7/c1-2-3-6-9-17(26)12-13-20-19(21(27)14-22(20)28)10-7-4-5-8-11-23(29)30-18(15-24)16-25/h4,7,18-20,22,24-25,28H,2-3,5-6,8-16H2,1H3/b7-4-/t19-,20?,22-/m1/s1. The highest BCUT2D eigenvalue weighted by Crippen LogP contribution is 2.35. The molecule has 1 rings (SSSR count). The zero-order chi connectivity index (χ0) is 22.4. The van der Waals surface area contributed by atoms with Crippen molar-refractivity contribution in [3.05, 3.63) is 12.2 Å². The van der Waals surface area contributed by atoms with Crippen LogP contribution in [0.3, 0.4) is 0 Å². The van der Waals surface area contributed by atoms with Crippen LogP contribution in [0.15, 0.2) is 12.2 Å². The number of ether oxygens (including phenoxy) is 1. The number of allylic oxidation sites excluding steroid dienone is 2. The fourth-order valence-electron chi connectivity index (χ4n) is 3.84. The van der Waals surface area contributed by atoms with Gasteiger partial charge in [-0.15, -0.1) is 0 Å². The number of aliphatic hydroxyl groups excluding tert-OH is 3. The summed E-state index contributed by atoms with van der Waals surface area (Å²) in [7, 11) is 0. The minimum absolute atomic E-state index is 0.0539. The molecule has 0 bridgehead atoms. The molecule has 1 unspecified atom stereocenters. The Kier molecular flexibility index (Phi) is 13.5. The Labute approximate surface area is 179 Å². The molecule has 0 spiro atoms. The Bertz CT molecular complexity index is 554. The first-order chi connectivity index (χ1) is 14.4. The van der Waals surface area contributed by atoms with Crippen LogP contribution in [0, 0.1) is 11.8 Å². The van der Waals surface area contributed by atoms with E-state index in [1.165, 1.54) is 0 Å². The number of Topliss-reactive ketones (excluding diaryl/α,β-unsaturated/α-hetero) is 2. The molecule has 1 aliphatic carbocycles. The van der Waals surface area contributed by atoms with E-state index in [2.05, 4.69) is 6.92 Å². The van der Waals surface area contributed by atoms with E-state index in [0.29, 0.717) is 38.5 Å². The molecule has 0 radical (unpaired) electrons. The summed E-state index contributed by atoms with van der Waals surface area (Å²) in [5, 5.41) is 28.0. The first kappa shape index (κ1) is 26.5. The summed E-state index contributed by atoms with van der Waals surface area (Å²) in [6.45, 7) is 1.28. The molecule has 3 N–H and O–H groups in total. The van der Waals surface area contributed by atoms with E-state index in [0.717, 1.165) is 19.3 Å².